The van der Waals surface area contributed by atoms with Crippen molar-refractivity contribution in [3.63, 3.8) is 0 Å². The molecule has 0 spiro atoms. The van der Waals surface area contributed by atoms with Gasteiger partial charge in [0.1, 0.15) is 17.4 Å². The van der Waals surface area contributed by atoms with Crippen LogP contribution in [0.2, 0.25) is 0 Å². The molecule has 1 N–H and O–H groups in total. The highest BCUT2D eigenvalue weighted by Crippen LogP contribution is 2.34. The molecule has 1 aliphatic rings. The van der Waals surface area contributed by atoms with E-state index in [-0.39, 0.29) is 30.6 Å². The van der Waals surface area contributed by atoms with Crippen LogP contribution in [0.1, 0.15) is 37.6 Å². The summed E-state index contributed by atoms with van der Waals surface area (Å²) in [5.74, 6) is 0.945. The van der Waals surface area contributed by atoms with Crippen LogP contribution < -0.4 is 9.47 Å². The lowest BCUT2D eigenvalue weighted by atomic mass is 9.99. The summed E-state index contributed by atoms with van der Waals surface area (Å²) in [5.41, 5.74) is 2.04. The maximum Gasteiger partial charge on any atom is 0.259 e. The zero-order valence-electron chi connectivity index (χ0n) is 19.7. The Labute approximate surface area is 191 Å². The molecule has 3 rings (SSSR count). The van der Waals surface area contributed by atoms with Crippen LogP contribution in [0.5, 0.6) is 11.6 Å². The lowest BCUT2D eigenvalue weighted by molar-refractivity contribution is 0.0331. The number of fused-ring (bicyclic) bond motifs is 1. The van der Waals surface area contributed by atoms with Crippen molar-refractivity contribution >= 4 is 5.91 Å². The number of likely N-dealkylation sites (N-methyl/N-ethyl adjacent to an activating group) is 1. The van der Waals surface area contributed by atoms with E-state index < -0.39 is 0 Å². The Morgan fingerprint density at radius 1 is 1.34 bits per heavy atom. The molecule has 1 aliphatic heterocycles. The molecular weight excluding hydrogens is 406 g/mol. The fourth-order valence-corrected chi connectivity index (χ4v) is 4.13. The van der Waals surface area contributed by atoms with Gasteiger partial charge in [-0.3, -0.25) is 4.79 Å². The first kappa shape index (κ1) is 24.0. The van der Waals surface area contributed by atoms with E-state index in [0.29, 0.717) is 23.7 Å². The van der Waals surface area contributed by atoms with Crippen molar-refractivity contribution in [3.05, 3.63) is 42.1 Å². The molecule has 7 nitrogen and oxygen atoms in total. The highest BCUT2D eigenvalue weighted by atomic mass is 16.5. The van der Waals surface area contributed by atoms with Crippen molar-refractivity contribution in [3.8, 4) is 22.8 Å². The minimum Gasteiger partial charge on any atom is -0.496 e. The van der Waals surface area contributed by atoms with Crippen LogP contribution in [0.3, 0.4) is 0 Å². The van der Waals surface area contributed by atoms with E-state index in [0.717, 1.165) is 30.6 Å². The average molecular weight is 442 g/mol. The summed E-state index contributed by atoms with van der Waals surface area (Å²) < 4.78 is 11.8. The Kier molecular flexibility index (Phi) is 8.10. The summed E-state index contributed by atoms with van der Waals surface area (Å²) in [4.78, 5) is 22.1. The van der Waals surface area contributed by atoms with Crippen molar-refractivity contribution in [2.75, 3.05) is 40.4 Å². The van der Waals surface area contributed by atoms with Gasteiger partial charge in [0.15, 0.2) is 0 Å². The van der Waals surface area contributed by atoms with Gasteiger partial charge >= 0.3 is 0 Å². The molecule has 0 unspecified atom stereocenters. The van der Waals surface area contributed by atoms with Gasteiger partial charge in [0.2, 0.25) is 5.88 Å². The molecule has 0 fully saturated rings. The smallest absolute Gasteiger partial charge is 0.259 e. The number of hydrogen-bond donors (Lipinski definition) is 1. The van der Waals surface area contributed by atoms with Crippen LogP contribution in [0.15, 0.2) is 36.5 Å². The minimum atomic E-state index is -0.306. The number of ether oxygens (including phenoxy) is 2. The minimum absolute atomic E-state index is 0.0797. The van der Waals surface area contributed by atoms with E-state index in [1.54, 1.807) is 18.2 Å². The summed E-state index contributed by atoms with van der Waals surface area (Å²) in [7, 11) is 3.70. The van der Waals surface area contributed by atoms with Gasteiger partial charge in [0, 0.05) is 36.3 Å². The van der Waals surface area contributed by atoms with Gasteiger partial charge in [-0.05, 0) is 39.1 Å². The zero-order valence-corrected chi connectivity index (χ0v) is 19.7. The monoisotopic (exact) mass is 441 g/mol. The Morgan fingerprint density at radius 3 is 2.78 bits per heavy atom. The van der Waals surface area contributed by atoms with E-state index in [1.165, 1.54) is 0 Å². The van der Waals surface area contributed by atoms with Crippen molar-refractivity contribution in [1.29, 1.82) is 0 Å². The van der Waals surface area contributed by atoms with Gasteiger partial charge in [-0.25, -0.2) is 4.98 Å². The topological polar surface area (TPSA) is 75.1 Å². The highest BCUT2D eigenvalue weighted by molar-refractivity contribution is 5.98. The number of carbonyl (C=O) groups excluding carboxylic acids is 1. The van der Waals surface area contributed by atoms with Crippen LogP contribution in [0, 0.1) is 5.92 Å². The Morgan fingerprint density at radius 2 is 2.09 bits per heavy atom. The summed E-state index contributed by atoms with van der Waals surface area (Å²) in [6.07, 6.45) is 2.65. The summed E-state index contributed by atoms with van der Waals surface area (Å²) in [6.45, 7) is 8.21. The second kappa shape index (κ2) is 10.8. The largest absolute Gasteiger partial charge is 0.496 e. The summed E-state index contributed by atoms with van der Waals surface area (Å²) in [6, 6.07) is 9.17. The maximum absolute atomic E-state index is 13.6. The fourth-order valence-electron chi connectivity index (χ4n) is 4.13. The van der Waals surface area contributed by atoms with Crippen LogP contribution in [-0.2, 0) is 0 Å². The van der Waals surface area contributed by atoms with Crippen LogP contribution >= 0.6 is 0 Å². The van der Waals surface area contributed by atoms with Crippen molar-refractivity contribution in [2.45, 2.75) is 39.3 Å². The molecule has 0 radical (unpaired) electrons. The molecule has 0 aliphatic carbocycles. The number of carbonyl (C=O) groups is 1. The maximum atomic E-state index is 13.6. The molecule has 3 atom stereocenters. The number of aliphatic hydroxyl groups excluding tert-OH is 1. The number of para-hydroxylation sites is 1. The first-order valence-corrected chi connectivity index (χ1v) is 11.3. The SMILES string of the molecule is CCCN(C)C[C@@H]1Oc2ncc(-c3ccccc3OC)cc2C(=O)N([C@H](C)CO)C[C@H]1C. The number of methoxy groups -OCH3 is 1. The standard InChI is InChI=1S/C25H35N3O4/c1-6-11-27(4)15-23-17(2)14-28(18(3)16-29)25(30)21-12-19(13-26-24(21)32-23)20-9-7-8-10-22(20)31-5/h7-10,12-13,17-18,23,29H,6,11,14-16H2,1-5H3/t17-,18-,23+/m1/s1. The van der Waals surface area contributed by atoms with Gasteiger partial charge in [0.25, 0.3) is 5.91 Å². The number of hydrogen-bond acceptors (Lipinski definition) is 6. The molecule has 1 amide bonds. The number of pyridine rings is 1. The van der Waals surface area contributed by atoms with Gasteiger partial charge in [0.05, 0.1) is 19.8 Å². The number of aliphatic hydroxyl groups is 1. The molecule has 0 bridgehead atoms. The van der Waals surface area contributed by atoms with Crippen molar-refractivity contribution < 1.29 is 19.4 Å². The summed E-state index contributed by atoms with van der Waals surface area (Å²) in [5, 5.41) is 9.82. The molecule has 1 aromatic carbocycles. The average Bonchev–Trinajstić information content (AvgIpc) is 2.80. The van der Waals surface area contributed by atoms with Gasteiger partial charge in [-0.2, -0.15) is 0 Å². The number of amides is 1. The predicted molar refractivity (Wildman–Crippen MR) is 125 cm³/mol. The number of benzene rings is 1. The third-order valence-electron chi connectivity index (χ3n) is 6.04. The van der Waals surface area contributed by atoms with Crippen molar-refractivity contribution in [2.24, 2.45) is 5.92 Å². The molecule has 7 heteroatoms. The van der Waals surface area contributed by atoms with Crippen LogP contribution in [0.25, 0.3) is 11.1 Å². The number of aromatic nitrogens is 1. The second-order valence-corrected chi connectivity index (χ2v) is 8.66. The highest BCUT2D eigenvalue weighted by Gasteiger charge is 2.34. The van der Waals surface area contributed by atoms with Gasteiger partial charge < -0.3 is 24.4 Å². The Balaban J connectivity index is 2.06. The molecule has 0 saturated heterocycles. The molecular formula is C25H35N3O4. The van der Waals surface area contributed by atoms with E-state index in [1.807, 2.05) is 37.3 Å². The lowest BCUT2D eigenvalue weighted by Crippen LogP contribution is -2.50. The van der Waals surface area contributed by atoms with E-state index in [4.69, 9.17) is 9.47 Å². The second-order valence-electron chi connectivity index (χ2n) is 8.66. The molecule has 1 aromatic heterocycles. The molecule has 2 aromatic rings. The lowest BCUT2D eigenvalue weighted by Gasteiger charge is -2.37. The Hall–Kier alpha value is -2.64. The normalized spacial score (nSPS) is 19.7. The van der Waals surface area contributed by atoms with Gasteiger partial charge in [-0.15, -0.1) is 0 Å². The molecule has 2 heterocycles. The van der Waals surface area contributed by atoms with Crippen molar-refractivity contribution in [1.82, 2.24) is 14.8 Å². The van der Waals surface area contributed by atoms with Crippen LogP contribution in [-0.4, -0.2) is 78.3 Å². The van der Waals surface area contributed by atoms with E-state index in [2.05, 4.69) is 30.8 Å². The number of nitrogens with zero attached hydrogens (tertiary/aromatic N) is 3. The predicted octanol–water partition coefficient (Wildman–Crippen LogP) is 3.32. The van der Waals surface area contributed by atoms with E-state index >= 15 is 0 Å². The fraction of sp³-hybridized carbons (Fsp3) is 0.520. The molecule has 0 saturated carbocycles. The zero-order chi connectivity index (χ0) is 23.3. The molecule has 174 valence electrons. The Bertz CT molecular complexity index is 920. The first-order valence-electron chi connectivity index (χ1n) is 11.3. The first-order chi connectivity index (χ1) is 15.4. The number of rotatable bonds is 8. The summed E-state index contributed by atoms with van der Waals surface area (Å²) >= 11 is 0. The molecule has 32 heavy (non-hydrogen) atoms. The third kappa shape index (κ3) is 5.22. The van der Waals surface area contributed by atoms with Gasteiger partial charge in [-0.1, -0.05) is 32.0 Å². The quantitative estimate of drug-likeness (QED) is 0.677. The third-order valence-corrected chi connectivity index (χ3v) is 6.04. The van der Waals surface area contributed by atoms with Crippen LogP contribution in [0.4, 0.5) is 0 Å². The van der Waals surface area contributed by atoms with E-state index in [9.17, 15) is 9.90 Å².